The SMILES string of the molecule is Cc1cc(C)c2cc(CN(CCO)C(=O)Nc3ccccc3)c(=O)[nH]c2c1. The van der Waals surface area contributed by atoms with Crippen LogP contribution >= 0.6 is 0 Å². The number of H-pyrrole nitrogens is 1. The number of amides is 2. The van der Waals surface area contributed by atoms with E-state index in [9.17, 15) is 14.7 Å². The number of aliphatic hydroxyl groups is 1. The number of benzene rings is 2. The Bertz CT molecular complexity index is 1010. The molecule has 1 heterocycles. The van der Waals surface area contributed by atoms with E-state index in [1.54, 1.807) is 12.1 Å². The first-order valence-corrected chi connectivity index (χ1v) is 8.83. The van der Waals surface area contributed by atoms with Crippen molar-refractivity contribution >= 4 is 22.6 Å². The summed E-state index contributed by atoms with van der Waals surface area (Å²) in [6.07, 6.45) is 0. The maximum Gasteiger partial charge on any atom is 0.322 e. The first-order valence-electron chi connectivity index (χ1n) is 8.83. The van der Waals surface area contributed by atoms with E-state index in [1.807, 2.05) is 44.2 Å². The van der Waals surface area contributed by atoms with Gasteiger partial charge in [0.2, 0.25) is 0 Å². The fourth-order valence-corrected chi connectivity index (χ4v) is 3.14. The lowest BCUT2D eigenvalue weighted by Crippen LogP contribution is -2.38. The third-order valence-corrected chi connectivity index (χ3v) is 4.43. The number of aromatic nitrogens is 1. The van der Waals surface area contributed by atoms with Crippen LogP contribution in [0.25, 0.3) is 10.9 Å². The predicted octanol–water partition coefficient (Wildman–Crippen LogP) is 3.17. The van der Waals surface area contributed by atoms with Crippen molar-refractivity contribution in [3.8, 4) is 0 Å². The molecule has 6 nitrogen and oxygen atoms in total. The second-order valence-electron chi connectivity index (χ2n) is 6.61. The summed E-state index contributed by atoms with van der Waals surface area (Å²) in [4.78, 5) is 29.4. The highest BCUT2D eigenvalue weighted by Gasteiger charge is 2.16. The summed E-state index contributed by atoms with van der Waals surface area (Å²) >= 11 is 0. The highest BCUT2D eigenvalue weighted by atomic mass is 16.3. The molecule has 0 aliphatic rings. The van der Waals surface area contributed by atoms with Crippen LogP contribution in [0.4, 0.5) is 10.5 Å². The number of anilines is 1. The van der Waals surface area contributed by atoms with Crippen LogP contribution in [0.15, 0.2) is 53.3 Å². The summed E-state index contributed by atoms with van der Waals surface area (Å²) in [6.45, 7) is 4.02. The van der Waals surface area contributed by atoms with E-state index in [2.05, 4.69) is 16.4 Å². The Morgan fingerprint density at radius 2 is 1.89 bits per heavy atom. The number of hydrogen-bond acceptors (Lipinski definition) is 3. The maximum atomic E-state index is 12.6. The van der Waals surface area contributed by atoms with Crippen LogP contribution < -0.4 is 10.9 Å². The summed E-state index contributed by atoms with van der Waals surface area (Å²) in [5, 5.41) is 13.1. The van der Waals surface area contributed by atoms with Crippen molar-refractivity contribution in [1.29, 1.82) is 0 Å². The van der Waals surface area contributed by atoms with E-state index in [4.69, 9.17) is 0 Å². The fraction of sp³-hybridized carbons (Fsp3) is 0.238. The normalized spacial score (nSPS) is 10.8. The second-order valence-corrected chi connectivity index (χ2v) is 6.61. The van der Waals surface area contributed by atoms with Gasteiger partial charge in [-0.05, 0) is 49.2 Å². The summed E-state index contributed by atoms with van der Waals surface area (Å²) < 4.78 is 0. The molecule has 0 radical (unpaired) electrons. The third-order valence-electron chi connectivity index (χ3n) is 4.43. The van der Waals surface area contributed by atoms with E-state index in [-0.39, 0.29) is 31.3 Å². The molecule has 0 saturated heterocycles. The van der Waals surface area contributed by atoms with Crippen LogP contribution in [0.5, 0.6) is 0 Å². The zero-order valence-electron chi connectivity index (χ0n) is 15.5. The molecule has 0 aliphatic heterocycles. The first-order chi connectivity index (χ1) is 13.0. The van der Waals surface area contributed by atoms with Crippen LogP contribution in [0.2, 0.25) is 0 Å². The van der Waals surface area contributed by atoms with Gasteiger partial charge in [0, 0.05) is 28.7 Å². The number of rotatable bonds is 5. The smallest absolute Gasteiger partial charge is 0.322 e. The zero-order chi connectivity index (χ0) is 19.4. The molecule has 3 N–H and O–H groups in total. The Balaban J connectivity index is 1.89. The van der Waals surface area contributed by atoms with E-state index in [0.29, 0.717) is 11.3 Å². The standard InChI is InChI=1S/C21H23N3O3/c1-14-10-15(2)18-12-16(20(26)23-19(18)11-14)13-24(8-9-25)21(27)22-17-6-4-3-5-7-17/h3-7,10-12,25H,8-9,13H2,1-2H3,(H,22,27)(H,23,26). The number of pyridine rings is 1. The third kappa shape index (κ3) is 4.35. The van der Waals surface area contributed by atoms with Crippen LogP contribution in [-0.2, 0) is 6.54 Å². The molecule has 3 rings (SSSR count). The van der Waals surface area contributed by atoms with Crippen molar-refractivity contribution < 1.29 is 9.90 Å². The molecule has 2 aromatic carbocycles. The van der Waals surface area contributed by atoms with Gasteiger partial charge in [-0.1, -0.05) is 24.3 Å². The van der Waals surface area contributed by atoms with Gasteiger partial charge in [-0.2, -0.15) is 0 Å². The van der Waals surface area contributed by atoms with Crippen LogP contribution in [0.1, 0.15) is 16.7 Å². The van der Waals surface area contributed by atoms with Crippen LogP contribution in [0.3, 0.4) is 0 Å². The van der Waals surface area contributed by atoms with Gasteiger partial charge in [0.15, 0.2) is 0 Å². The fourth-order valence-electron chi connectivity index (χ4n) is 3.14. The van der Waals surface area contributed by atoms with E-state index >= 15 is 0 Å². The van der Waals surface area contributed by atoms with Gasteiger partial charge in [-0.3, -0.25) is 4.79 Å². The van der Waals surface area contributed by atoms with Crippen molar-refractivity contribution in [3.05, 3.63) is 75.6 Å². The summed E-state index contributed by atoms with van der Waals surface area (Å²) in [7, 11) is 0. The average molecular weight is 365 g/mol. The number of fused-ring (bicyclic) bond motifs is 1. The number of carbonyl (C=O) groups excluding carboxylic acids is 1. The Hall–Kier alpha value is -3.12. The number of aromatic amines is 1. The van der Waals surface area contributed by atoms with Gasteiger partial charge in [0.05, 0.1) is 13.2 Å². The molecule has 27 heavy (non-hydrogen) atoms. The number of nitrogens with zero attached hydrogens (tertiary/aromatic N) is 1. The topological polar surface area (TPSA) is 85.4 Å². The van der Waals surface area contributed by atoms with E-state index in [0.717, 1.165) is 22.0 Å². The molecule has 6 heteroatoms. The molecule has 3 aromatic rings. The number of nitrogens with one attached hydrogen (secondary N) is 2. The Labute approximate surface area is 157 Å². The van der Waals surface area contributed by atoms with Crippen molar-refractivity contribution in [1.82, 2.24) is 9.88 Å². The van der Waals surface area contributed by atoms with Crippen molar-refractivity contribution in [2.24, 2.45) is 0 Å². The Kier molecular flexibility index (Phi) is 5.57. The lowest BCUT2D eigenvalue weighted by molar-refractivity contribution is 0.185. The van der Waals surface area contributed by atoms with Gasteiger partial charge >= 0.3 is 6.03 Å². The van der Waals surface area contributed by atoms with Gasteiger partial charge in [-0.15, -0.1) is 0 Å². The summed E-state index contributed by atoms with van der Waals surface area (Å²) in [6, 6.07) is 14.5. The molecular formula is C21H23N3O3. The zero-order valence-corrected chi connectivity index (χ0v) is 15.5. The Morgan fingerprint density at radius 1 is 1.15 bits per heavy atom. The quantitative estimate of drug-likeness (QED) is 0.649. The molecule has 1 aromatic heterocycles. The average Bonchev–Trinajstić information content (AvgIpc) is 2.63. The maximum absolute atomic E-state index is 12.6. The summed E-state index contributed by atoms with van der Waals surface area (Å²) in [5.74, 6) is 0. The molecule has 0 aliphatic carbocycles. The van der Waals surface area contributed by atoms with Crippen LogP contribution in [0, 0.1) is 13.8 Å². The highest BCUT2D eigenvalue weighted by Crippen LogP contribution is 2.19. The molecule has 0 atom stereocenters. The number of carbonyl (C=O) groups is 1. The molecule has 0 bridgehead atoms. The lowest BCUT2D eigenvalue weighted by atomic mass is 10.0. The largest absolute Gasteiger partial charge is 0.395 e. The monoisotopic (exact) mass is 365 g/mol. The predicted molar refractivity (Wildman–Crippen MR) is 107 cm³/mol. The van der Waals surface area contributed by atoms with Crippen molar-refractivity contribution in [3.63, 3.8) is 0 Å². The number of aliphatic hydroxyl groups excluding tert-OH is 1. The summed E-state index contributed by atoms with van der Waals surface area (Å²) in [5.41, 5.74) is 3.82. The number of urea groups is 1. The van der Waals surface area contributed by atoms with Crippen LogP contribution in [-0.4, -0.2) is 34.2 Å². The van der Waals surface area contributed by atoms with Gasteiger partial charge in [0.25, 0.3) is 5.56 Å². The number of aryl methyl sites for hydroxylation is 2. The van der Waals surface area contributed by atoms with E-state index < -0.39 is 0 Å². The minimum Gasteiger partial charge on any atom is -0.395 e. The molecular weight excluding hydrogens is 342 g/mol. The first kappa shape index (κ1) is 18.7. The molecule has 0 unspecified atom stereocenters. The molecule has 0 spiro atoms. The molecule has 0 fully saturated rings. The lowest BCUT2D eigenvalue weighted by Gasteiger charge is -2.22. The molecule has 2 amide bonds. The van der Waals surface area contributed by atoms with Gasteiger partial charge < -0.3 is 20.3 Å². The molecule has 0 saturated carbocycles. The molecule has 140 valence electrons. The Morgan fingerprint density at radius 3 is 2.59 bits per heavy atom. The number of hydrogen-bond donors (Lipinski definition) is 3. The minimum atomic E-state index is -0.365. The van der Waals surface area contributed by atoms with Gasteiger partial charge in [0.1, 0.15) is 0 Å². The van der Waals surface area contributed by atoms with Gasteiger partial charge in [-0.25, -0.2) is 4.79 Å². The minimum absolute atomic E-state index is 0.109. The highest BCUT2D eigenvalue weighted by molar-refractivity contribution is 5.89. The number of para-hydroxylation sites is 1. The second kappa shape index (κ2) is 8.05. The van der Waals surface area contributed by atoms with E-state index in [1.165, 1.54) is 4.90 Å². The van der Waals surface area contributed by atoms with Crippen molar-refractivity contribution in [2.75, 3.05) is 18.5 Å². The van der Waals surface area contributed by atoms with Crippen molar-refractivity contribution in [2.45, 2.75) is 20.4 Å².